The van der Waals surface area contributed by atoms with Crippen LogP contribution in [-0.4, -0.2) is 22.0 Å². The molecule has 0 heterocycles. The number of primary amides is 1. The van der Waals surface area contributed by atoms with E-state index in [0.717, 1.165) is 50.0 Å². The Labute approximate surface area is 115 Å². The molecule has 0 fully saturated rings. The second-order valence-electron chi connectivity index (χ2n) is 4.89. The summed E-state index contributed by atoms with van der Waals surface area (Å²) < 4.78 is 11.6. The van der Waals surface area contributed by atoms with Crippen molar-refractivity contribution >= 4 is 17.1 Å². The number of hydrogen-bond acceptors (Lipinski definition) is 2. The molecule has 108 valence electrons. The van der Waals surface area contributed by atoms with E-state index in [1.54, 1.807) is 0 Å². The molecule has 0 spiro atoms. The molecule has 0 radical (unpaired) electrons. The first-order valence-electron chi connectivity index (χ1n) is 7.30. The summed E-state index contributed by atoms with van der Waals surface area (Å²) in [5.74, 6) is 1.55. The van der Waals surface area contributed by atoms with Gasteiger partial charge in [-0.25, -0.2) is 0 Å². The summed E-state index contributed by atoms with van der Waals surface area (Å²) in [5, 5.41) is 0. The van der Waals surface area contributed by atoms with Crippen molar-refractivity contribution in [3.05, 3.63) is 0 Å². The standard InChI is InChI=1S/C14H29NO2S/c1-2-3-9-12-18(17)13-10-7-5-4-6-8-11-14(15)16/h2-13H2,1H3,(H2,15,16). The van der Waals surface area contributed by atoms with E-state index in [1.807, 2.05) is 0 Å². The van der Waals surface area contributed by atoms with Gasteiger partial charge in [-0.15, -0.1) is 0 Å². The first-order chi connectivity index (χ1) is 8.66. The molecule has 18 heavy (non-hydrogen) atoms. The molecular formula is C14H29NO2S. The number of carbonyl (C=O) groups is 1. The van der Waals surface area contributed by atoms with Gasteiger partial charge in [0.1, 0.15) is 11.5 Å². The van der Waals surface area contributed by atoms with Crippen molar-refractivity contribution in [3.63, 3.8) is 0 Å². The first-order valence-corrected chi connectivity index (χ1v) is 8.79. The van der Waals surface area contributed by atoms with Gasteiger partial charge in [0, 0.05) is 6.42 Å². The van der Waals surface area contributed by atoms with Crippen LogP contribution >= 0.6 is 0 Å². The van der Waals surface area contributed by atoms with Gasteiger partial charge in [-0.05, 0) is 32.1 Å². The van der Waals surface area contributed by atoms with E-state index in [9.17, 15) is 9.35 Å². The van der Waals surface area contributed by atoms with Gasteiger partial charge >= 0.3 is 0 Å². The van der Waals surface area contributed by atoms with Crippen molar-refractivity contribution in [2.75, 3.05) is 11.5 Å². The molecule has 0 aliphatic heterocycles. The number of nitrogens with two attached hydrogens (primary N) is 1. The van der Waals surface area contributed by atoms with Gasteiger partial charge in [-0.2, -0.15) is 0 Å². The third-order valence-electron chi connectivity index (χ3n) is 3.02. The van der Waals surface area contributed by atoms with Gasteiger partial charge in [0.2, 0.25) is 5.91 Å². The highest BCUT2D eigenvalue weighted by molar-refractivity contribution is 7.91. The molecule has 0 aromatic carbocycles. The zero-order valence-electron chi connectivity index (χ0n) is 11.8. The van der Waals surface area contributed by atoms with E-state index in [2.05, 4.69) is 6.92 Å². The lowest BCUT2D eigenvalue weighted by atomic mass is 10.1. The summed E-state index contributed by atoms with van der Waals surface area (Å²) in [6.45, 7) is 2.17. The van der Waals surface area contributed by atoms with Crippen LogP contribution in [0.1, 0.15) is 71.1 Å². The van der Waals surface area contributed by atoms with Crippen LogP contribution in [0.2, 0.25) is 0 Å². The van der Waals surface area contributed by atoms with Crippen LogP contribution in [0.15, 0.2) is 0 Å². The van der Waals surface area contributed by atoms with E-state index in [4.69, 9.17) is 5.73 Å². The second kappa shape index (κ2) is 13.2. The summed E-state index contributed by atoms with van der Waals surface area (Å²) in [5.41, 5.74) is 5.07. The monoisotopic (exact) mass is 275 g/mol. The molecule has 1 atom stereocenters. The molecule has 3 nitrogen and oxygen atoms in total. The predicted molar refractivity (Wildman–Crippen MR) is 78.9 cm³/mol. The Balaban J connectivity index is 3.12. The predicted octanol–water partition coefficient (Wildman–Crippen LogP) is 3.14. The third kappa shape index (κ3) is 13.8. The molecule has 0 saturated carbocycles. The van der Waals surface area contributed by atoms with Gasteiger partial charge < -0.3 is 10.3 Å². The van der Waals surface area contributed by atoms with Crippen LogP contribution in [-0.2, 0) is 16.0 Å². The lowest BCUT2D eigenvalue weighted by Gasteiger charge is -2.10. The minimum atomic E-state index is -0.598. The third-order valence-corrected chi connectivity index (χ3v) is 4.51. The number of carbonyl (C=O) groups excluding carboxylic acids is 1. The average molecular weight is 275 g/mol. The molecule has 0 aliphatic carbocycles. The number of hydrogen-bond donors (Lipinski definition) is 1. The molecule has 0 aromatic rings. The number of amides is 1. The molecule has 1 unspecified atom stereocenters. The quantitative estimate of drug-likeness (QED) is 0.414. The molecule has 2 N–H and O–H groups in total. The van der Waals surface area contributed by atoms with Crippen molar-refractivity contribution in [2.45, 2.75) is 71.1 Å². The number of rotatable bonds is 13. The molecule has 1 amide bonds. The minimum absolute atomic E-state index is 0.197. The van der Waals surface area contributed by atoms with E-state index in [0.29, 0.717) is 6.42 Å². The van der Waals surface area contributed by atoms with Crippen LogP contribution in [0, 0.1) is 0 Å². The Kier molecular flexibility index (Phi) is 13.1. The summed E-state index contributed by atoms with van der Waals surface area (Å²) in [4.78, 5) is 10.5. The molecule has 0 aliphatic rings. The Morgan fingerprint density at radius 3 is 2.00 bits per heavy atom. The van der Waals surface area contributed by atoms with Crippen LogP contribution in [0.25, 0.3) is 0 Å². The maximum absolute atomic E-state index is 11.6. The first kappa shape index (κ1) is 17.8. The highest BCUT2D eigenvalue weighted by Crippen LogP contribution is 2.09. The fraction of sp³-hybridized carbons (Fsp3) is 0.929. The van der Waals surface area contributed by atoms with Crippen LogP contribution in [0.3, 0.4) is 0 Å². The summed E-state index contributed by atoms with van der Waals surface area (Å²) in [6.07, 6.45) is 10.6. The molecule has 0 saturated heterocycles. The van der Waals surface area contributed by atoms with Gasteiger partial charge in [0.05, 0.1) is 0 Å². The lowest BCUT2D eigenvalue weighted by molar-refractivity contribution is -0.118. The van der Waals surface area contributed by atoms with E-state index >= 15 is 0 Å². The second-order valence-corrected chi connectivity index (χ2v) is 6.59. The van der Waals surface area contributed by atoms with Gasteiger partial charge in [0.15, 0.2) is 0 Å². The van der Waals surface area contributed by atoms with Crippen molar-refractivity contribution in [1.82, 2.24) is 0 Å². The van der Waals surface area contributed by atoms with Crippen molar-refractivity contribution in [3.8, 4) is 0 Å². The van der Waals surface area contributed by atoms with Gasteiger partial charge in [-0.1, -0.05) is 43.8 Å². The Morgan fingerprint density at radius 1 is 0.944 bits per heavy atom. The highest BCUT2D eigenvalue weighted by Gasteiger charge is 2.04. The minimum Gasteiger partial charge on any atom is -0.616 e. The average Bonchev–Trinajstić information content (AvgIpc) is 2.32. The zero-order chi connectivity index (χ0) is 13.6. The van der Waals surface area contributed by atoms with E-state index in [-0.39, 0.29) is 5.91 Å². The van der Waals surface area contributed by atoms with Gasteiger partial charge in [-0.3, -0.25) is 4.79 Å². The Morgan fingerprint density at radius 2 is 1.44 bits per heavy atom. The zero-order valence-corrected chi connectivity index (χ0v) is 12.6. The SMILES string of the molecule is CCCCC[S+]([O-])CCCCCCCCC(N)=O. The molecule has 4 heteroatoms. The van der Waals surface area contributed by atoms with Crippen LogP contribution in [0.5, 0.6) is 0 Å². The largest absolute Gasteiger partial charge is 0.616 e. The number of unbranched alkanes of at least 4 members (excludes halogenated alkanes) is 7. The Hall–Kier alpha value is -0.220. The van der Waals surface area contributed by atoms with Gasteiger partial charge in [0.25, 0.3) is 0 Å². The normalized spacial score (nSPS) is 12.6. The van der Waals surface area contributed by atoms with Crippen molar-refractivity contribution in [2.24, 2.45) is 5.73 Å². The van der Waals surface area contributed by atoms with Crippen LogP contribution in [0.4, 0.5) is 0 Å². The summed E-state index contributed by atoms with van der Waals surface area (Å²) in [6, 6.07) is 0. The molecule has 0 bridgehead atoms. The Bertz CT molecular complexity index is 200. The smallest absolute Gasteiger partial charge is 0.217 e. The fourth-order valence-corrected chi connectivity index (χ4v) is 3.14. The van der Waals surface area contributed by atoms with Crippen molar-refractivity contribution < 1.29 is 9.35 Å². The maximum atomic E-state index is 11.6. The summed E-state index contributed by atoms with van der Waals surface area (Å²) >= 11 is -0.598. The summed E-state index contributed by atoms with van der Waals surface area (Å²) in [7, 11) is 0. The van der Waals surface area contributed by atoms with Crippen molar-refractivity contribution in [1.29, 1.82) is 0 Å². The molecular weight excluding hydrogens is 246 g/mol. The van der Waals surface area contributed by atoms with E-state index < -0.39 is 11.2 Å². The van der Waals surface area contributed by atoms with E-state index in [1.165, 1.54) is 19.3 Å². The topological polar surface area (TPSA) is 66.2 Å². The van der Waals surface area contributed by atoms with Crippen LogP contribution < -0.4 is 5.73 Å². The molecule has 0 rings (SSSR count). The maximum Gasteiger partial charge on any atom is 0.217 e. The molecule has 0 aromatic heterocycles. The lowest BCUT2D eigenvalue weighted by Crippen LogP contribution is -2.11. The fourth-order valence-electron chi connectivity index (χ4n) is 1.88. The highest BCUT2D eigenvalue weighted by atomic mass is 32.2.